The molecule has 172 valence electrons. The number of hydrogen-bond acceptors (Lipinski definition) is 5. The number of rotatable bonds is 8. The molecule has 1 amide bonds. The quantitative estimate of drug-likeness (QED) is 0.293. The first kappa shape index (κ1) is 22.7. The first-order chi connectivity index (χ1) is 16.6. The number of carbonyl (C=O) groups excluding carboxylic acids is 1. The van der Waals surface area contributed by atoms with Gasteiger partial charge in [0.15, 0.2) is 11.5 Å². The largest absolute Gasteiger partial charge is 0.493 e. The molecule has 0 bridgehead atoms. The van der Waals surface area contributed by atoms with E-state index in [-0.39, 0.29) is 5.91 Å². The molecule has 4 N–H and O–H groups in total. The van der Waals surface area contributed by atoms with E-state index in [9.17, 15) is 4.79 Å². The lowest BCUT2D eigenvalue weighted by molar-refractivity contribution is 0.102. The summed E-state index contributed by atoms with van der Waals surface area (Å²) in [5.74, 6) is 1.13. The van der Waals surface area contributed by atoms with E-state index in [1.165, 1.54) is 0 Å². The molecule has 0 saturated carbocycles. The average Bonchev–Trinajstić information content (AvgIpc) is 2.89. The fourth-order valence-electron chi connectivity index (χ4n) is 3.59. The summed E-state index contributed by atoms with van der Waals surface area (Å²) in [5.41, 5.74) is 11.8. The van der Waals surface area contributed by atoms with E-state index < -0.39 is 0 Å². The highest BCUT2D eigenvalue weighted by Gasteiger charge is 2.10. The number of amides is 1. The Morgan fingerprint density at radius 1 is 0.794 bits per heavy atom. The molecule has 0 saturated heterocycles. The van der Waals surface area contributed by atoms with Crippen molar-refractivity contribution in [3.05, 3.63) is 102 Å². The van der Waals surface area contributed by atoms with Crippen molar-refractivity contribution in [1.29, 1.82) is 0 Å². The van der Waals surface area contributed by atoms with Gasteiger partial charge in [0.25, 0.3) is 5.91 Å². The van der Waals surface area contributed by atoms with Crippen LogP contribution < -0.4 is 25.8 Å². The summed E-state index contributed by atoms with van der Waals surface area (Å²) in [6.45, 7) is 0.601. The molecule has 0 aromatic heterocycles. The van der Waals surface area contributed by atoms with Crippen molar-refractivity contribution in [2.45, 2.75) is 6.54 Å². The van der Waals surface area contributed by atoms with Gasteiger partial charge in [-0.3, -0.25) is 4.79 Å². The number of ether oxygens (including phenoxy) is 2. The van der Waals surface area contributed by atoms with E-state index in [1.807, 2.05) is 72.8 Å². The molecule has 0 aliphatic heterocycles. The van der Waals surface area contributed by atoms with Crippen LogP contribution in [0, 0.1) is 0 Å². The molecule has 0 radical (unpaired) electrons. The summed E-state index contributed by atoms with van der Waals surface area (Å²) in [7, 11) is 3.22. The van der Waals surface area contributed by atoms with Crippen LogP contribution in [0.3, 0.4) is 0 Å². The molecule has 0 aliphatic rings. The molecule has 0 spiro atoms. The van der Waals surface area contributed by atoms with Gasteiger partial charge in [-0.1, -0.05) is 48.5 Å². The molecule has 6 nitrogen and oxygen atoms in total. The Balaban J connectivity index is 1.41. The first-order valence-corrected chi connectivity index (χ1v) is 10.9. The summed E-state index contributed by atoms with van der Waals surface area (Å²) in [5, 5.41) is 6.28. The van der Waals surface area contributed by atoms with Gasteiger partial charge < -0.3 is 25.8 Å². The summed E-state index contributed by atoms with van der Waals surface area (Å²) in [6, 6.07) is 28.7. The number of nitrogens with two attached hydrogens (primary N) is 1. The highest BCUT2D eigenvalue weighted by molar-refractivity contribution is 6.06. The fraction of sp³-hybridized carbons (Fsp3) is 0.107. The van der Waals surface area contributed by atoms with Crippen molar-refractivity contribution in [3.63, 3.8) is 0 Å². The standard InChI is InChI=1S/C28H27N3O3/c1-33-26-15-13-23(17-27(26)34-2)30-18-19-8-10-21(11-9-19)28(32)31-25-16-22(12-14-24(25)29)20-6-4-3-5-7-20/h3-17,30H,18,29H2,1-2H3,(H,31,32). The number of nitrogens with one attached hydrogen (secondary N) is 2. The first-order valence-electron chi connectivity index (χ1n) is 10.9. The second-order valence-electron chi connectivity index (χ2n) is 7.74. The lowest BCUT2D eigenvalue weighted by atomic mass is 10.0. The van der Waals surface area contributed by atoms with Crippen molar-refractivity contribution >= 4 is 23.0 Å². The third kappa shape index (κ3) is 5.30. The van der Waals surface area contributed by atoms with Crippen molar-refractivity contribution in [2.24, 2.45) is 0 Å². The molecule has 6 heteroatoms. The summed E-state index contributed by atoms with van der Waals surface area (Å²) >= 11 is 0. The van der Waals surface area contributed by atoms with Crippen molar-refractivity contribution < 1.29 is 14.3 Å². The summed E-state index contributed by atoms with van der Waals surface area (Å²) in [4.78, 5) is 12.8. The van der Waals surface area contributed by atoms with Gasteiger partial charge in [-0.25, -0.2) is 0 Å². The second-order valence-corrected chi connectivity index (χ2v) is 7.74. The van der Waals surface area contributed by atoms with Crippen LogP contribution in [0.5, 0.6) is 11.5 Å². The van der Waals surface area contributed by atoms with Gasteiger partial charge in [-0.2, -0.15) is 0 Å². The SMILES string of the molecule is COc1ccc(NCc2ccc(C(=O)Nc3cc(-c4ccccc4)ccc3N)cc2)cc1OC. The Hall–Kier alpha value is -4.45. The van der Waals surface area contributed by atoms with Gasteiger partial charge >= 0.3 is 0 Å². The number of hydrogen-bond donors (Lipinski definition) is 3. The molecule has 0 heterocycles. The van der Waals surface area contributed by atoms with E-state index in [1.54, 1.807) is 32.4 Å². The van der Waals surface area contributed by atoms with Gasteiger partial charge in [-0.05, 0) is 53.1 Å². The second kappa shape index (κ2) is 10.4. The van der Waals surface area contributed by atoms with Crippen molar-refractivity contribution in [3.8, 4) is 22.6 Å². The van der Waals surface area contributed by atoms with Crippen molar-refractivity contribution in [2.75, 3.05) is 30.6 Å². The molecule has 0 aliphatic carbocycles. The molecule has 0 unspecified atom stereocenters. The molecule has 0 atom stereocenters. The van der Waals surface area contributed by atoms with Crippen molar-refractivity contribution in [1.82, 2.24) is 0 Å². The zero-order chi connectivity index (χ0) is 23.9. The van der Waals surface area contributed by atoms with Gasteiger partial charge in [0.05, 0.1) is 25.6 Å². The zero-order valence-corrected chi connectivity index (χ0v) is 19.2. The minimum atomic E-state index is -0.212. The number of nitrogen functional groups attached to an aromatic ring is 1. The number of carbonyl (C=O) groups is 1. The highest BCUT2D eigenvalue weighted by atomic mass is 16.5. The third-order valence-corrected chi connectivity index (χ3v) is 5.50. The van der Waals surface area contributed by atoms with Gasteiger partial charge in [0.2, 0.25) is 0 Å². The van der Waals surface area contributed by atoms with Crippen LogP contribution in [-0.2, 0) is 6.54 Å². The Morgan fingerprint density at radius 3 is 2.24 bits per heavy atom. The molecular formula is C28H27N3O3. The average molecular weight is 454 g/mol. The zero-order valence-electron chi connectivity index (χ0n) is 19.2. The number of methoxy groups -OCH3 is 2. The number of benzene rings is 4. The topological polar surface area (TPSA) is 85.6 Å². The fourth-order valence-corrected chi connectivity index (χ4v) is 3.59. The smallest absolute Gasteiger partial charge is 0.255 e. The van der Waals surface area contributed by atoms with E-state index in [4.69, 9.17) is 15.2 Å². The molecule has 0 fully saturated rings. The maximum absolute atomic E-state index is 12.8. The van der Waals surface area contributed by atoms with Gasteiger partial charge in [0, 0.05) is 23.9 Å². The normalized spacial score (nSPS) is 10.4. The lowest BCUT2D eigenvalue weighted by Crippen LogP contribution is -2.13. The lowest BCUT2D eigenvalue weighted by Gasteiger charge is -2.12. The van der Waals surface area contributed by atoms with Crippen LogP contribution in [0.4, 0.5) is 17.1 Å². The van der Waals surface area contributed by atoms with Crippen LogP contribution in [0.15, 0.2) is 91.0 Å². The van der Waals surface area contributed by atoms with Crippen LogP contribution in [0.2, 0.25) is 0 Å². The van der Waals surface area contributed by atoms with Crippen LogP contribution in [0.25, 0.3) is 11.1 Å². The van der Waals surface area contributed by atoms with Crippen LogP contribution in [-0.4, -0.2) is 20.1 Å². The van der Waals surface area contributed by atoms with Crippen LogP contribution in [0.1, 0.15) is 15.9 Å². The minimum Gasteiger partial charge on any atom is -0.493 e. The Labute approximate surface area is 199 Å². The van der Waals surface area contributed by atoms with Gasteiger partial charge in [0.1, 0.15) is 0 Å². The predicted molar refractivity (Wildman–Crippen MR) is 138 cm³/mol. The molecule has 4 aromatic carbocycles. The van der Waals surface area contributed by atoms with Crippen LogP contribution >= 0.6 is 0 Å². The summed E-state index contributed by atoms with van der Waals surface area (Å²) in [6.07, 6.45) is 0. The Bertz CT molecular complexity index is 1270. The van der Waals surface area contributed by atoms with E-state index in [0.717, 1.165) is 22.4 Å². The molecule has 4 aromatic rings. The summed E-state index contributed by atoms with van der Waals surface area (Å²) < 4.78 is 10.6. The Kier molecular flexibility index (Phi) is 6.98. The van der Waals surface area contributed by atoms with E-state index >= 15 is 0 Å². The van der Waals surface area contributed by atoms with Gasteiger partial charge in [-0.15, -0.1) is 0 Å². The Morgan fingerprint density at radius 2 is 1.53 bits per heavy atom. The molecule has 34 heavy (non-hydrogen) atoms. The highest BCUT2D eigenvalue weighted by Crippen LogP contribution is 2.30. The minimum absolute atomic E-state index is 0.212. The third-order valence-electron chi connectivity index (χ3n) is 5.50. The maximum Gasteiger partial charge on any atom is 0.255 e. The predicted octanol–water partition coefficient (Wildman–Crippen LogP) is 5.82. The monoisotopic (exact) mass is 453 g/mol. The molecular weight excluding hydrogens is 426 g/mol. The van der Waals surface area contributed by atoms with E-state index in [0.29, 0.717) is 35.0 Å². The maximum atomic E-state index is 12.8. The number of anilines is 3. The van der Waals surface area contributed by atoms with E-state index in [2.05, 4.69) is 10.6 Å². The molecule has 4 rings (SSSR count).